The molecule has 2 unspecified atom stereocenters. The first-order valence-corrected chi connectivity index (χ1v) is 16.8. The highest BCUT2D eigenvalue weighted by molar-refractivity contribution is 6.10. The summed E-state index contributed by atoms with van der Waals surface area (Å²) in [7, 11) is 0. The zero-order chi connectivity index (χ0) is 31.6. The van der Waals surface area contributed by atoms with E-state index >= 15 is 0 Å². The molecule has 2 heterocycles. The first kappa shape index (κ1) is 27.0. The van der Waals surface area contributed by atoms with E-state index in [9.17, 15) is 0 Å². The number of hydrogen-bond donors (Lipinski definition) is 0. The fourth-order valence-corrected chi connectivity index (χ4v) is 8.03. The van der Waals surface area contributed by atoms with E-state index in [-0.39, 0.29) is 12.0 Å². The van der Waals surface area contributed by atoms with Gasteiger partial charge in [-0.25, -0.2) is 0 Å². The Balaban J connectivity index is 1.06. The summed E-state index contributed by atoms with van der Waals surface area (Å²) in [4.78, 5) is 2.51. The van der Waals surface area contributed by atoms with Crippen molar-refractivity contribution in [3.63, 3.8) is 0 Å². The number of nitrogens with zero attached hydrogens (tertiary/aromatic N) is 2. The number of anilines is 2. The van der Waals surface area contributed by atoms with Gasteiger partial charge in [-0.2, -0.15) is 0 Å². The van der Waals surface area contributed by atoms with Crippen molar-refractivity contribution in [2.24, 2.45) is 0 Å². The number of hydrogen-bond acceptors (Lipinski definition) is 1. The van der Waals surface area contributed by atoms with E-state index in [0.717, 1.165) is 0 Å². The smallest absolute Gasteiger partial charge is 0.0630 e. The zero-order valence-corrected chi connectivity index (χ0v) is 26.4. The van der Waals surface area contributed by atoms with Crippen molar-refractivity contribution in [1.82, 2.24) is 4.57 Å². The van der Waals surface area contributed by atoms with Crippen molar-refractivity contribution < 1.29 is 0 Å². The summed E-state index contributed by atoms with van der Waals surface area (Å²) < 4.78 is 2.43. The van der Waals surface area contributed by atoms with Crippen LogP contribution in [0.4, 0.5) is 11.4 Å². The predicted molar refractivity (Wildman–Crippen MR) is 202 cm³/mol. The molecule has 0 saturated heterocycles. The van der Waals surface area contributed by atoms with Crippen LogP contribution in [-0.2, 0) is 0 Å². The van der Waals surface area contributed by atoms with Gasteiger partial charge in [0.25, 0.3) is 0 Å². The highest BCUT2D eigenvalue weighted by atomic mass is 15.2. The number of para-hydroxylation sites is 2. The van der Waals surface area contributed by atoms with Crippen molar-refractivity contribution in [3.05, 3.63) is 193 Å². The summed E-state index contributed by atoms with van der Waals surface area (Å²) in [6, 6.07) is 60.0. The molecule has 2 aliphatic rings. The lowest BCUT2D eigenvalue weighted by atomic mass is 9.86. The van der Waals surface area contributed by atoms with Crippen LogP contribution in [0.15, 0.2) is 182 Å². The first-order chi connectivity index (χ1) is 23.8. The Morgan fingerprint density at radius 3 is 2.04 bits per heavy atom. The SMILES string of the molecule is C1=CC2C(C=C1c1ccc3c4ccccc4n(-c4ccc5ccccc5c4)c3c1)c1ccccc1N2c1ccc(-c2ccccc2)cc1. The van der Waals surface area contributed by atoms with Crippen molar-refractivity contribution in [1.29, 1.82) is 0 Å². The third-order valence-electron chi connectivity index (χ3n) is 10.3. The topological polar surface area (TPSA) is 8.17 Å². The number of rotatable bonds is 4. The van der Waals surface area contributed by atoms with Gasteiger partial charge in [-0.3, -0.25) is 0 Å². The highest BCUT2D eigenvalue weighted by Crippen LogP contribution is 2.49. The lowest BCUT2D eigenvalue weighted by Gasteiger charge is -2.30. The van der Waals surface area contributed by atoms with Crippen molar-refractivity contribution in [3.8, 4) is 16.8 Å². The lowest BCUT2D eigenvalue weighted by molar-refractivity contribution is 0.747. The molecule has 0 fully saturated rings. The molecular formula is C46H32N2. The van der Waals surface area contributed by atoms with Gasteiger partial charge in [-0.15, -0.1) is 0 Å². The van der Waals surface area contributed by atoms with Gasteiger partial charge >= 0.3 is 0 Å². The summed E-state index contributed by atoms with van der Waals surface area (Å²) >= 11 is 0. The molecule has 0 N–H and O–H groups in total. The van der Waals surface area contributed by atoms with E-state index in [0.29, 0.717) is 0 Å². The molecule has 1 aliphatic heterocycles. The molecule has 10 rings (SSSR count). The minimum atomic E-state index is 0.224. The van der Waals surface area contributed by atoms with E-state index in [2.05, 4.69) is 191 Å². The zero-order valence-electron chi connectivity index (χ0n) is 26.4. The van der Waals surface area contributed by atoms with E-state index in [4.69, 9.17) is 0 Å². The summed E-state index contributed by atoms with van der Waals surface area (Å²) in [5.41, 5.74) is 12.5. The maximum Gasteiger partial charge on any atom is 0.0630 e. The number of aromatic nitrogens is 1. The summed E-state index contributed by atoms with van der Waals surface area (Å²) in [5.74, 6) is 0.261. The van der Waals surface area contributed by atoms with Gasteiger partial charge in [0.05, 0.1) is 17.1 Å². The van der Waals surface area contributed by atoms with Crippen molar-refractivity contribution >= 4 is 49.5 Å². The fourth-order valence-electron chi connectivity index (χ4n) is 8.03. The van der Waals surface area contributed by atoms with Crippen LogP contribution in [-0.4, -0.2) is 10.6 Å². The van der Waals surface area contributed by atoms with Gasteiger partial charge in [0.2, 0.25) is 0 Å². The summed E-state index contributed by atoms with van der Waals surface area (Å²) in [6.07, 6.45) is 7.24. The van der Waals surface area contributed by atoms with Gasteiger partial charge < -0.3 is 9.47 Å². The molecule has 48 heavy (non-hydrogen) atoms. The molecule has 0 bridgehead atoms. The molecule has 2 atom stereocenters. The standard InChI is InChI=1S/C46H32N2/c1-2-10-31(11-3-1)33-18-23-37(24-19-33)47-44-17-9-7-15-40(44)42-29-35(22-27-45(42)47)36-21-26-41-39-14-6-8-16-43(39)48(46(41)30-36)38-25-20-32-12-4-5-13-34(32)28-38/h1-30,42,45H. The van der Waals surface area contributed by atoms with Crippen LogP contribution >= 0.6 is 0 Å². The molecular weight excluding hydrogens is 581 g/mol. The molecule has 1 aromatic heterocycles. The Morgan fingerprint density at radius 2 is 1.15 bits per heavy atom. The second kappa shape index (κ2) is 10.7. The van der Waals surface area contributed by atoms with Gasteiger partial charge in [-0.1, -0.05) is 140 Å². The third-order valence-corrected chi connectivity index (χ3v) is 10.3. The van der Waals surface area contributed by atoms with E-state index < -0.39 is 0 Å². The fraction of sp³-hybridized carbons (Fsp3) is 0.0435. The Labute approximate surface area is 280 Å². The Bertz CT molecular complexity index is 2570. The monoisotopic (exact) mass is 612 g/mol. The molecule has 0 spiro atoms. The maximum atomic E-state index is 2.51. The van der Waals surface area contributed by atoms with Gasteiger partial charge in [0.1, 0.15) is 0 Å². The summed E-state index contributed by atoms with van der Waals surface area (Å²) in [5, 5.41) is 5.06. The molecule has 8 aromatic rings. The van der Waals surface area contributed by atoms with Crippen LogP contribution in [0.25, 0.3) is 55.0 Å². The van der Waals surface area contributed by atoms with Gasteiger partial charge in [-0.05, 0) is 81.1 Å². The Morgan fingerprint density at radius 1 is 0.458 bits per heavy atom. The van der Waals surface area contributed by atoms with E-state index in [1.54, 1.807) is 0 Å². The van der Waals surface area contributed by atoms with Crippen LogP contribution < -0.4 is 4.90 Å². The second-order valence-electron chi connectivity index (χ2n) is 13.0. The molecule has 0 saturated carbocycles. The largest absolute Gasteiger partial charge is 0.333 e. The molecule has 2 heteroatoms. The average Bonchev–Trinajstić information content (AvgIpc) is 3.67. The molecule has 0 amide bonds. The Kier molecular flexibility index (Phi) is 6.04. The normalized spacial score (nSPS) is 16.8. The average molecular weight is 613 g/mol. The van der Waals surface area contributed by atoms with Crippen LogP contribution in [0.2, 0.25) is 0 Å². The van der Waals surface area contributed by atoms with Crippen LogP contribution in [0.5, 0.6) is 0 Å². The van der Waals surface area contributed by atoms with Crippen molar-refractivity contribution in [2.75, 3.05) is 4.90 Å². The minimum absolute atomic E-state index is 0.224. The molecule has 7 aromatic carbocycles. The summed E-state index contributed by atoms with van der Waals surface area (Å²) in [6.45, 7) is 0. The number of fused-ring (bicyclic) bond motifs is 7. The quantitative estimate of drug-likeness (QED) is 0.192. The molecule has 1 aliphatic carbocycles. The molecule has 0 radical (unpaired) electrons. The second-order valence-corrected chi connectivity index (χ2v) is 13.0. The van der Waals surface area contributed by atoms with Crippen LogP contribution in [0, 0.1) is 0 Å². The maximum absolute atomic E-state index is 2.51. The predicted octanol–water partition coefficient (Wildman–Crippen LogP) is 11.9. The lowest BCUT2D eigenvalue weighted by Crippen LogP contribution is -2.28. The first-order valence-electron chi connectivity index (χ1n) is 16.8. The van der Waals surface area contributed by atoms with Crippen LogP contribution in [0.3, 0.4) is 0 Å². The third kappa shape index (κ3) is 4.19. The minimum Gasteiger partial charge on any atom is -0.333 e. The van der Waals surface area contributed by atoms with Crippen molar-refractivity contribution in [2.45, 2.75) is 12.0 Å². The van der Waals surface area contributed by atoms with Gasteiger partial charge in [0.15, 0.2) is 0 Å². The molecule has 2 nitrogen and oxygen atoms in total. The van der Waals surface area contributed by atoms with Gasteiger partial charge in [0, 0.05) is 33.8 Å². The van der Waals surface area contributed by atoms with Crippen LogP contribution in [0.1, 0.15) is 17.0 Å². The van der Waals surface area contributed by atoms with E-state index in [1.165, 1.54) is 77.5 Å². The van der Waals surface area contributed by atoms with E-state index in [1.807, 2.05) is 0 Å². The number of allylic oxidation sites excluding steroid dienone is 2. The molecule has 226 valence electrons. The number of benzene rings is 7. The Hall–Kier alpha value is -6.12. The highest BCUT2D eigenvalue weighted by Gasteiger charge is 2.38.